The zero-order chi connectivity index (χ0) is 17.6. The third kappa shape index (κ3) is 2.43. The van der Waals surface area contributed by atoms with Crippen molar-refractivity contribution in [3.8, 4) is 17.0 Å². The SMILES string of the molecule is CCn1nc(C(F)(F)F)c2c(=O)c(O)c(-c3ccccc3Cl)[nH]c21. The van der Waals surface area contributed by atoms with E-state index in [4.69, 9.17) is 11.6 Å². The molecule has 0 amide bonds. The first kappa shape index (κ1) is 16.4. The summed E-state index contributed by atoms with van der Waals surface area (Å²) in [7, 11) is 0. The van der Waals surface area contributed by atoms with E-state index in [-0.39, 0.29) is 22.9 Å². The number of hydrogen-bond acceptors (Lipinski definition) is 3. The number of aromatic hydroxyl groups is 1. The van der Waals surface area contributed by atoms with Crippen LogP contribution in [0.25, 0.3) is 22.3 Å². The maximum absolute atomic E-state index is 13.1. The fraction of sp³-hybridized carbons (Fsp3) is 0.200. The van der Waals surface area contributed by atoms with E-state index < -0.39 is 28.4 Å². The summed E-state index contributed by atoms with van der Waals surface area (Å²) in [5.74, 6) is -0.836. The van der Waals surface area contributed by atoms with Crippen LogP contribution in [0.5, 0.6) is 5.75 Å². The number of pyridine rings is 1. The molecule has 0 saturated heterocycles. The molecule has 126 valence electrons. The van der Waals surface area contributed by atoms with Crippen molar-refractivity contribution in [2.45, 2.75) is 19.6 Å². The normalized spacial score (nSPS) is 12.0. The third-order valence-electron chi connectivity index (χ3n) is 3.59. The standard InChI is InChI=1S/C15H11ClF3N3O2/c1-2-22-14-9(13(21-22)15(17,18)19)11(23)12(24)10(20-14)7-5-3-4-6-8(7)16/h3-6,24H,2H2,1H3,(H,20,23). The summed E-state index contributed by atoms with van der Waals surface area (Å²) in [5, 5.41) is 13.1. The Morgan fingerprint density at radius 3 is 2.58 bits per heavy atom. The molecule has 0 aliphatic rings. The number of nitrogens with one attached hydrogen (secondary N) is 1. The Morgan fingerprint density at radius 1 is 1.33 bits per heavy atom. The Labute approximate surface area is 138 Å². The van der Waals surface area contributed by atoms with Crippen LogP contribution in [-0.4, -0.2) is 19.9 Å². The van der Waals surface area contributed by atoms with E-state index >= 15 is 0 Å². The number of halogens is 4. The second-order valence-corrected chi connectivity index (χ2v) is 5.45. The van der Waals surface area contributed by atoms with Crippen LogP contribution in [0, 0.1) is 0 Å². The summed E-state index contributed by atoms with van der Waals surface area (Å²) < 4.78 is 40.4. The molecular weight excluding hydrogens is 347 g/mol. The van der Waals surface area contributed by atoms with Crippen LogP contribution in [0.4, 0.5) is 13.2 Å². The average molecular weight is 358 g/mol. The van der Waals surface area contributed by atoms with Crippen LogP contribution >= 0.6 is 11.6 Å². The Bertz CT molecular complexity index is 992. The number of aromatic amines is 1. The van der Waals surface area contributed by atoms with Gasteiger partial charge in [-0.3, -0.25) is 4.79 Å². The molecule has 2 N–H and O–H groups in total. The molecule has 24 heavy (non-hydrogen) atoms. The molecule has 0 spiro atoms. The lowest BCUT2D eigenvalue weighted by atomic mass is 10.1. The molecule has 9 heteroatoms. The lowest BCUT2D eigenvalue weighted by Crippen LogP contribution is -2.12. The highest BCUT2D eigenvalue weighted by Gasteiger charge is 2.39. The van der Waals surface area contributed by atoms with Gasteiger partial charge in [0.1, 0.15) is 11.0 Å². The van der Waals surface area contributed by atoms with E-state index in [9.17, 15) is 23.1 Å². The van der Waals surface area contributed by atoms with Gasteiger partial charge in [-0.2, -0.15) is 18.3 Å². The number of aryl methyl sites for hydroxylation is 1. The maximum atomic E-state index is 13.1. The summed E-state index contributed by atoms with van der Waals surface area (Å²) in [6, 6.07) is 6.35. The summed E-state index contributed by atoms with van der Waals surface area (Å²) in [5.41, 5.74) is -2.36. The van der Waals surface area contributed by atoms with E-state index in [1.807, 2.05) is 0 Å². The van der Waals surface area contributed by atoms with Gasteiger partial charge in [-0.15, -0.1) is 0 Å². The summed E-state index contributed by atoms with van der Waals surface area (Å²) >= 11 is 6.05. The first-order valence-corrected chi connectivity index (χ1v) is 7.31. The van der Waals surface area contributed by atoms with E-state index in [1.54, 1.807) is 19.1 Å². The highest BCUT2D eigenvalue weighted by atomic mass is 35.5. The monoisotopic (exact) mass is 357 g/mol. The number of alkyl halides is 3. The molecule has 0 bridgehead atoms. The lowest BCUT2D eigenvalue weighted by molar-refractivity contribution is -0.140. The molecule has 0 unspecified atom stereocenters. The van der Waals surface area contributed by atoms with Crippen molar-refractivity contribution in [2.75, 3.05) is 0 Å². The van der Waals surface area contributed by atoms with Gasteiger partial charge in [0.15, 0.2) is 11.4 Å². The van der Waals surface area contributed by atoms with Crippen molar-refractivity contribution >= 4 is 22.6 Å². The quantitative estimate of drug-likeness (QED) is 0.733. The van der Waals surface area contributed by atoms with Crippen molar-refractivity contribution in [1.29, 1.82) is 0 Å². The Hall–Kier alpha value is -2.48. The molecule has 0 atom stereocenters. The van der Waals surface area contributed by atoms with Gasteiger partial charge in [0.2, 0.25) is 5.43 Å². The minimum Gasteiger partial charge on any atom is -0.503 e. The van der Waals surface area contributed by atoms with Gasteiger partial charge < -0.3 is 10.1 Å². The third-order valence-corrected chi connectivity index (χ3v) is 3.92. The molecule has 0 aliphatic heterocycles. The Kier molecular flexibility index (Phi) is 3.79. The molecule has 1 aromatic carbocycles. The van der Waals surface area contributed by atoms with Gasteiger partial charge in [-0.1, -0.05) is 29.8 Å². The smallest absolute Gasteiger partial charge is 0.435 e. The lowest BCUT2D eigenvalue weighted by Gasteiger charge is -2.08. The fourth-order valence-corrected chi connectivity index (χ4v) is 2.73. The molecule has 0 saturated carbocycles. The molecule has 5 nitrogen and oxygen atoms in total. The molecule has 2 heterocycles. The summed E-state index contributed by atoms with van der Waals surface area (Å²) in [4.78, 5) is 15.0. The van der Waals surface area contributed by atoms with Crippen molar-refractivity contribution in [3.63, 3.8) is 0 Å². The molecular formula is C15H11ClF3N3O2. The zero-order valence-electron chi connectivity index (χ0n) is 12.3. The molecule has 0 radical (unpaired) electrons. The number of H-pyrrole nitrogens is 1. The van der Waals surface area contributed by atoms with Gasteiger partial charge in [0, 0.05) is 12.1 Å². The molecule has 3 aromatic rings. The van der Waals surface area contributed by atoms with Crippen LogP contribution in [0.2, 0.25) is 5.02 Å². The minimum atomic E-state index is -4.82. The number of nitrogens with zero attached hydrogens (tertiary/aromatic N) is 2. The Balaban J connectivity index is 2.44. The van der Waals surface area contributed by atoms with Gasteiger partial charge in [-0.05, 0) is 13.0 Å². The second-order valence-electron chi connectivity index (χ2n) is 5.04. The first-order valence-electron chi connectivity index (χ1n) is 6.93. The molecule has 3 rings (SSSR count). The minimum absolute atomic E-state index is 0.0542. The van der Waals surface area contributed by atoms with Gasteiger partial charge in [0.25, 0.3) is 0 Å². The van der Waals surface area contributed by atoms with Crippen LogP contribution in [-0.2, 0) is 12.7 Å². The van der Waals surface area contributed by atoms with E-state index in [2.05, 4.69) is 10.1 Å². The maximum Gasteiger partial charge on any atom is 0.435 e. The molecule has 2 aromatic heterocycles. The van der Waals surface area contributed by atoms with E-state index in [0.29, 0.717) is 5.56 Å². The number of aromatic nitrogens is 3. The van der Waals surface area contributed by atoms with Crippen molar-refractivity contribution in [3.05, 3.63) is 45.2 Å². The average Bonchev–Trinajstić information content (AvgIpc) is 2.90. The number of benzene rings is 1. The molecule has 0 aliphatic carbocycles. The first-order chi connectivity index (χ1) is 11.3. The van der Waals surface area contributed by atoms with Gasteiger partial charge in [0.05, 0.1) is 10.7 Å². The Morgan fingerprint density at radius 2 is 2.00 bits per heavy atom. The molecule has 0 fully saturated rings. The van der Waals surface area contributed by atoms with Crippen LogP contribution in [0.3, 0.4) is 0 Å². The van der Waals surface area contributed by atoms with Gasteiger partial charge >= 0.3 is 6.18 Å². The second kappa shape index (κ2) is 5.55. The van der Waals surface area contributed by atoms with E-state index in [1.165, 1.54) is 12.1 Å². The van der Waals surface area contributed by atoms with E-state index in [0.717, 1.165) is 4.68 Å². The topological polar surface area (TPSA) is 70.9 Å². The number of rotatable bonds is 2. The summed E-state index contributed by atoms with van der Waals surface area (Å²) in [6.45, 7) is 1.70. The predicted octanol–water partition coefficient (Wildman–Crippen LogP) is 3.79. The van der Waals surface area contributed by atoms with Gasteiger partial charge in [-0.25, -0.2) is 4.68 Å². The fourth-order valence-electron chi connectivity index (χ4n) is 2.50. The van der Waals surface area contributed by atoms with Crippen molar-refractivity contribution in [1.82, 2.24) is 14.8 Å². The van der Waals surface area contributed by atoms with Crippen LogP contribution in [0.15, 0.2) is 29.1 Å². The zero-order valence-corrected chi connectivity index (χ0v) is 13.0. The predicted molar refractivity (Wildman–Crippen MR) is 83.1 cm³/mol. The number of hydrogen-bond donors (Lipinski definition) is 2. The summed E-state index contributed by atoms with van der Waals surface area (Å²) in [6.07, 6.45) is -4.82. The van der Waals surface area contributed by atoms with Crippen molar-refractivity contribution in [2.24, 2.45) is 0 Å². The highest BCUT2D eigenvalue weighted by Crippen LogP contribution is 2.36. The van der Waals surface area contributed by atoms with Crippen LogP contribution < -0.4 is 5.43 Å². The van der Waals surface area contributed by atoms with Crippen LogP contribution in [0.1, 0.15) is 12.6 Å². The largest absolute Gasteiger partial charge is 0.503 e. The highest BCUT2D eigenvalue weighted by molar-refractivity contribution is 6.33. The van der Waals surface area contributed by atoms with Crippen molar-refractivity contribution < 1.29 is 18.3 Å². The number of fused-ring (bicyclic) bond motifs is 1.